The summed E-state index contributed by atoms with van der Waals surface area (Å²) in [6.45, 7) is 5.58. The van der Waals surface area contributed by atoms with Gasteiger partial charge in [0.05, 0.1) is 11.2 Å². The first-order chi connectivity index (χ1) is 10.8. The molecule has 1 aromatic carbocycles. The van der Waals surface area contributed by atoms with Gasteiger partial charge >= 0.3 is 6.09 Å². The maximum atomic E-state index is 12.5. The molecule has 118 valence electrons. The van der Waals surface area contributed by atoms with Crippen LogP contribution in [-0.2, 0) is 4.74 Å². The van der Waals surface area contributed by atoms with Crippen LogP contribution in [0.1, 0.15) is 20.8 Å². The minimum atomic E-state index is -0.533. The van der Waals surface area contributed by atoms with E-state index in [2.05, 4.69) is 27.6 Å². The van der Waals surface area contributed by atoms with Crippen molar-refractivity contribution in [3.05, 3.63) is 52.4 Å². The Morgan fingerprint density at radius 1 is 1.22 bits per heavy atom. The van der Waals surface area contributed by atoms with Gasteiger partial charge in [0.1, 0.15) is 5.60 Å². The molecule has 0 aliphatic rings. The Labute approximate surface area is 148 Å². The molecule has 23 heavy (non-hydrogen) atoms. The highest BCUT2D eigenvalue weighted by atomic mass is 127. The molecule has 0 bridgehead atoms. The molecule has 2 heterocycles. The van der Waals surface area contributed by atoms with Crippen LogP contribution < -0.4 is 0 Å². The molecular formula is C18H17IN2O2. The second-order valence-corrected chi connectivity index (χ2v) is 7.44. The first kappa shape index (κ1) is 16.0. The van der Waals surface area contributed by atoms with Crippen molar-refractivity contribution in [3.8, 4) is 11.3 Å². The lowest BCUT2D eigenvalue weighted by atomic mass is 10.1. The monoisotopic (exact) mass is 420 g/mol. The van der Waals surface area contributed by atoms with Gasteiger partial charge < -0.3 is 4.74 Å². The highest BCUT2D eigenvalue weighted by Gasteiger charge is 2.20. The van der Waals surface area contributed by atoms with Crippen molar-refractivity contribution < 1.29 is 9.53 Å². The number of ether oxygens (including phenoxy) is 1. The minimum Gasteiger partial charge on any atom is -0.443 e. The van der Waals surface area contributed by atoms with Crippen LogP contribution in [0.3, 0.4) is 0 Å². The predicted molar refractivity (Wildman–Crippen MR) is 99.5 cm³/mol. The molecule has 5 heteroatoms. The first-order valence-corrected chi connectivity index (χ1v) is 8.38. The first-order valence-electron chi connectivity index (χ1n) is 7.30. The van der Waals surface area contributed by atoms with E-state index in [0.29, 0.717) is 0 Å². The Balaban J connectivity index is 2.11. The molecule has 0 amide bonds. The standard InChI is InChI=1S/C18H17IN2O2/c1-18(2,3)23-17(22)21-11-14(19)13-10-20-15(9-16(13)21)12-7-5-4-6-8-12/h4-11H,1-3H3. The van der Waals surface area contributed by atoms with Crippen LogP contribution in [0, 0.1) is 3.57 Å². The van der Waals surface area contributed by atoms with Gasteiger partial charge in [-0.3, -0.25) is 9.55 Å². The third-order valence-corrected chi connectivity index (χ3v) is 4.16. The van der Waals surface area contributed by atoms with Crippen LogP contribution in [0.5, 0.6) is 0 Å². The van der Waals surface area contributed by atoms with Gasteiger partial charge in [-0.2, -0.15) is 0 Å². The molecule has 0 atom stereocenters. The Hall–Kier alpha value is -1.89. The third kappa shape index (κ3) is 3.39. The van der Waals surface area contributed by atoms with Gasteiger partial charge in [0.2, 0.25) is 0 Å². The summed E-state index contributed by atoms with van der Waals surface area (Å²) in [5.41, 5.74) is 2.12. The Morgan fingerprint density at radius 3 is 2.57 bits per heavy atom. The number of halogens is 1. The number of hydrogen-bond donors (Lipinski definition) is 0. The minimum absolute atomic E-state index is 0.379. The Kier molecular flexibility index (Phi) is 4.14. The SMILES string of the molecule is CC(C)(C)OC(=O)n1cc(I)c2cnc(-c3ccccc3)cc21. The fourth-order valence-electron chi connectivity index (χ4n) is 2.31. The molecule has 0 fully saturated rings. The van der Waals surface area contributed by atoms with Crippen LogP contribution in [-0.4, -0.2) is 21.2 Å². The molecule has 0 unspecified atom stereocenters. The number of aromatic nitrogens is 2. The lowest BCUT2D eigenvalue weighted by Gasteiger charge is -2.19. The zero-order chi connectivity index (χ0) is 16.6. The Bertz CT molecular complexity index is 864. The number of benzene rings is 1. The average molecular weight is 420 g/mol. The van der Waals surface area contributed by atoms with Crippen LogP contribution in [0.15, 0.2) is 48.8 Å². The second kappa shape index (κ2) is 5.96. The normalized spacial score (nSPS) is 11.7. The Morgan fingerprint density at radius 2 is 1.91 bits per heavy atom. The molecule has 0 aliphatic carbocycles. The van der Waals surface area contributed by atoms with E-state index in [1.54, 1.807) is 17.0 Å². The molecule has 0 saturated heterocycles. The van der Waals surface area contributed by atoms with Gasteiger partial charge in [0.25, 0.3) is 0 Å². The van der Waals surface area contributed by atoms with E-state index in [1.165, 1.54) is 0 Å². The van der Waals surface area contributed by atoms with Gasteiger partial charge in [-0.05, 0) is 49.4 Å². The summed E-state index contributed by atoms with van der Waals surface area (Å²) < 4.78 is 8.01. The van der Waals surface area contributed by atoms with Crippen molar-refractivity contribution >= 4 is 39.6 Å². The van der Waals surface area contributed by atoms with Crippen molar-refractivity contribution in [1.29, 1.82) is 0 Å². The van der Waals surface area contributed by atoms with Gasteiger partial charge in [-0.1, -0.05) is 30.3 Å². The van der Waals surface area contributed by atoms with E-state index < -0.39 is 5.60 Å². The lowest BCUT2D eigenvalue weighted by molar-refractivity contribution is 0.0544. The number of carbonyl (C=O) groups excluding carboxylic acids is 1. The molecule has 3 rings (SSSR count). The highest BCUT2D eigenvalue weighted by molar-refractivity contribution is 14.1. The molecule has 4 nitrogen and oxygen atoms in total. The van der Waals surface area contributed by atoms with Gasteiger partial charge in [-0.25, -0.2) is 4.79 Å². The van der Waals surface area contributed by atoms with Crippen LogP contribution >= 0.6 is 22.6 Å². The summed E-state index contributed by atoms with van der Waals surface area (Å²) in [6.07, 6.45) is 3.21. The summed E-state index contributed by atoms with van der Waals surface area (Å²) in [4.78, 5) is 17.0. The fraction of sp³-hybridized carbons (Fsp3) is 0.222. The molecule has 0 radical (unpaired) electrons. The average Bonchev–Trinajstić information content (AvgIpc) is 2.83. The quantitative estimate of drug-likeness (QED) is 0.515. The summed E-state index contributed by atoms with van der Waals surface area (Å²) in [5.74, 6) is 0. The number of rotatable bonds is 1. The molecule has 0 saturated carbocycles. The summed E-state index contributed by atoms with van der Waals surface area (Å²) >= 11 is 2.21. The van der Waals surface area contributed by atoms with Crippen molar-refractivity contribution in [2.45, 2.75) is 26.4 Å². The second-order valence-electron chi connectivity index (χ2n) is 6.28. The van der Waals surface area contributed by atoms with E-state index >= 15 is 0 Å². The highest BCUT2D eigenvalue weighted by Crippen LogP contribution is 2.27. The van der Waals surface area contributed by atoms with E-state index in [0.717, 1.165) is 25.7 Å². The largest absolute Gasteiger partial charge is 0.443 e. The van der Waals surface area contributed by atoms with Gasteiger partial charge in [0.15, 0.2) is 0 Å². The molecule has 0 spiro atoms. The molecule has 3 aromatic rings. The number of pyridine rings is 1. The van der Waals surface area contributed by atoms with E-state index in [9.17, 15) is 4.79 Å². The fourth-order valence-corrected chi connectivity index (χ4v) is 3.00. The molecule has 0 N–H and O–H groups in total. The van der Waals surface area contributed by atoms with Gasteiger partial charge in [-0.15, -0.1) is 0 Å². The summed E-state index contributed by atoms with van der Waals surface area (Å²) in [6, 6.07) is 11.8. The van der Waals surface area contributed by atoms with Crippen LogP contribution in [0.25, 0.3) is 22.2 Å². The maximum absolute atomic E-state index is 12.5. The smallest absolute Gasteiger partial charge is 0.419 e. The maximum Gasteiger partial charge on any atom is 0.419 e. The van der Waals surface area contributed by atoms with E-state index in [1.807, 2.05) is 57.2 Å². The predicted octanol–water partition coefficient (Wildman–Crippen LogP) is 5.09. The van der Waals surface area contributed by atoms with Crippen molar-refractivity contribution in [2.75, 3.05) is 0 Å². The van der Waals surface area contributed by atoms with Crippen LogP contribution in [0.2, 0.25) is 0 Å². The summed E-state index contributed by atoms with van der Waals surface area (Å²) in [7, 11) is 0. The number of fused-ring (bicyclic) bond motifs is 1. The number of hydrogen-bond acceptors (Lipinski definition) is 3. The molecule has 0 aliphatic heterocycles. The molecule has 2 aromatic heterocycles. The van der Waals surface area contributed by atoms with E-state index in [4.69, 9.17) is 4.74 Å². The summed E-state index contributed by atoms with van der Waals surface area (Å²) in [5, 5.41) is 0.941. The van der Waals surface area contributed by atoms with Crippen molar-refractivity contribution in [3.63, 3.8) is 0 Å². The van der Waals surface area contributed by atoms with Crippen LogP contribution in [0.4, 0.5) is 4.79 Å². The number of carbonyl (C=O) groups is 1. The zero-order valence-corrected chi connectivity index (χ0v) is 15.4. The van der Waals surface area contributed by atoms with Crippen molar-refractivity contribution in [2.24, 2.45) is 0 Å². The van der Waals surface area contributed by atoms with Gasteiger partial charge in [0, 0.05) is 26.9 Å². The topological polar surface area (TPSA) is 44.1 Å². The lowest BCUT2D eigenvalue weighted by Crippen LogP contribution is -2.26. The molecular weight excluding hydrogens is 403 g/mol. The number of nitrogens with zero attached hydrogens (tertiary/aromatic N) is 2. The van der Waals surface area contributed by atoms with E-state index in [-0.39, 0.29) is 6.09 Å². The van der Waals surface area contributed by atoms with Crippen molar-refractivity contribution in [1.82, 2.24) is 9.55 Å². The zero-order valence-electron chi connectivity index (χ0n) is 13.2. The third-order valence-electron chi connectivity index (χ3n) is 3.30.